The normalized spacial score (nSPS) is 12.7. The summed E-state index contributed by atoms with van der Waals surface area (Å²) in [5.41, 5.74) is 6.86. The molecule has 1 unspecified atom stereocenters. The fourth-order valence-corrected chi connectivity index (χ4v) is 2.41. The lowest BCUT2D eigenvalue weighted by molar-refractivity contribution is 0.636. The molecular formula is C12H20N2S. The first-order valence-electron chi connectivity index (χ1n) is 5.54. The molecule has 0 fully saturated rings. The number of hydrogen-bond donors (Lipinski definition) is 1. The first-order valence-corrected chi connectivity index (χ1v) is 6.53. The summed E-state index contributed by atoms with van der Waals surface area (Å²) in [6.07, 6.45) is 4.02. The molecule has 0 spiro atoms. The predicted octanol–water partition coefficient (Wildman–Crippen LogP) is 2.72. The van der Waals surface area contributed by atoms with E-state index in [1.165, 1.54) is 12.0 Å². The predicted molar refractivity (Wildman–Crippen MR) is 67.2 cm³/mol. The molecule has 1 heterocycles. The fraction of sp³-hybridized carbons (Fsp3) is 0.583. The van der Waals surface area contributed by atoms with Crippen LogP contribution in [0.4, 0.5) is 0 Å². The summed E-state index contributed by atoms with van der Waals surface area (Å²) in [6.45, 7) is 5.20. The second-order valence-corrected chi connectivity index (χ2v) is 4.84. The summed E-state index contributed by atoms with van der Waals surface area (Å²) in [6, 6.07) is 4.11. The average molecular weight is 224 g/mol. The lowest BCUT2D eigenvalue weighted by Crippen LogP contribution is -2.05. The smallest absolute Gasteiger partial charge is 0.0992 e. The highest BCUT2D eigenvalue weighted by Crippen LogP contribution is 2.23. The Labute approximate surface area is 96.7 Å². The van der Waals surface area contributed by atoms with Gasteiger partial charge in [-0.1, -0.05) is 26.3 Å². The molecule has 0 saturated heterocycles. The van der Waals surface area contributed by atoms with Crippen LogP contribution in [0.5, 0.6) is 0 Å². The maximum absolute atomic E-state index is 5.57. The van der Waals surface area contributed by atoms with Crippen LogP contribution in [-0.2, 0) is 6.42 Å². The Hall–Kier alpha value is -0.540. The van der Waals surface area contributed by atoms with Crippen LogP contribution in [0.2, 0.25) is 0 Å². The van der Waals surface area contributed by atoms with E-state index in [1.807, 2.05) is 24.0 Å². The Morgan fingerprint density at radius 2 is 2.33 bits per heavy atom. The highest BCUT2D eigenvalue weighted by atomic mass is 32.2. The van der Waals surface area contributed by atoms with Crippen molar-refractivity contribution in [2.75, 3.05) is 12.3 Å². The van der Waals surface area contributed by atoms with E-state index >= 15 is 0 Å². The maximum atomic E-state index is 5.57. The molecule has 2 nitrogen and oxygen atoms in total. The molecule has 2 N–H and O–H groups in total. The quantitative estimate of drug-likeness (QED) is 0.755. The van der Waals surface area contributed by atoms with Crippen molar-refractivity contribution >= 4 is 11.8 Å². The van der Waals surface area contributed by atoms with Gasteiger partial charge in [-0.25, -0.2) is 4.98 Å². The number of hydrogen-bond acceptors (Lipinski definition) is 3. The van der Waals surface area contributed by atoms with E-state index in [-0.39, 0.29) is 0 Å². The van der Waals surface area contributed by atoms with Crippen molar-refractivity contribution < 1.29 is 0 Å². The summed E-state index contributed by atoms with van der Waals surface area (Å²) in [5, 5.41) is 1.16. The molecule has 15 heavy (non-hydrogen) atoms. The van der Waals surface area contributed by atoms with Gasteiger partial charge in [0.25, 0.3) is 0 Å². The van der Waals surface area contributed by atoms with Crippen LogP contribution in [0.25, 0.3) is 0 Å². The number of thioether (sulfide) groups is 1. The fourth-order valence-electron chi connectivity index (χ4n) is 1.24. The van der Waals surface area contributed by atoms with Crippen LogP contribution in [0.1, 0.15) is 25.8 Å². The third-order valence-electron chi connectivity index (χ3n) is 2.47. The highest BCUT2D eigenvalue weighted by Gasteiger charge is 2.05. The minimum Gasteiger partial charge on any atom is -0.330 e. The van der Waals surface area contributed by atoms with Gasteiger partial charge in [0.1, 0.15) is 0 Å². The van der Waals surface area contributed by atoms with Gasteiger partial charge in [0.2, 0.25) is 0 Å². The average Bonchev–Trinajstić information content (AvgIpc) is 2.28. The number of aromatic nitrogens is 1. The Kier molecular flexibility index (Phi) is 5.73. The third kappa shape index (κ3) is 4.22. The van der Waals surface area contributed by atoms with E-state index in [0.717, 1.165) is 23.1 Å². The Balaban J connectivity index is 2.58. The van der Waals surface area contributed by atoms with Gasteiger partial charge in [-0.3, -0.25) is 0 Å². The standard InChI is InChI=1S/C12H20N2S/c1-3-10(2)9-15-12-11(6-7-13)5-4-8-14-12/h4-5,8,10H,3,6-7,9,13H2,1-2H3. The van der Waals surface area contributed by atoms with Crippen molar-refractivity contribution in [2.45, 2.75) is 31.7 Å². The summed E-state index contributed by atoms with van der Waals surface area (Å²) >= 11 is 1.85. The van der Waals surface area contributed by atoms with Crippen molar-refractivity contribution in [2.24, 2.45) is 11.7 Å². The van der Waals surface area contributed by atoms with Crippen LogP contribution >= 0.6 is 11.8 Å². The van der Waals surface area contributed by atoms with Gasteiger partial charge in [-0.15, -0.1) is 11.8 Å². The van der Waals surface area contributed by atoms with Crippen molar-refractivity contribution in [3.05, 3.63) is 23.9 Å². The zero-order valence-corrected chi connectivity index (χ0v) is 10.4. The Morgan fingerprint density at radius 3 is 3.00 bits per heavy atom. The first-order chi connectivity index (χ1) is 7.27. The molecule has 84 valence electrons. The number of nitrogens with zero attached hydrogens (tertiary/aromatic N) is 1. The molecule has 1 atom stereocenters. The van der Waals surface area contributed by atoms with Crippen molar-refractivity contribution in [3.8, 4) is 0 Å². The van der Waals surface area contributed by atoms with Gasteiger partial charge >= 0.3 is 0 Å². The maximum Gasteiger partial charge on any atom is 0.0992 e. The SMILES string of the molecule is CCC(C)CSc1ncccc1CCN. The van der Waals surface area contributed by atoms with Crippen molar-refractivity contribution in [1.82, 2.24) is 4.98 Å². The first kappa shape index (κ1) is 12.5. The van der Waals surface area contributed by atoms with Gasteiger partial charge in [0.05, 0.1) is 5.03 Å². The van der Waals surface area contributed by atoms with Crippen molar-refractivity contribution in [1.29, 1.82) is 0 Å². The van der Waals surface area contributed by atoms with Crippen LogP contribution in [-0.4, -0.2) is 17.3 Å². The van der Waals surface area contributed by atoms with Gasteiger partial charge in [0.15, 0.2) is 0 Å². The Bertz CT molecular complexity index is 289. The zero-order chi connectivity index (χ0) is 11.1. The molecule has 1 rings (SSSR count). The van der Waals surface area contributed by atoms with E-state index in [0.29, 0.717) is 6.54 Å². The monoisotopic (exact) mass is 224 g/mol. The van der Waals surface area contributed by atoms with E-state index < -0.39 is 0 Å². The van der Waals surface area contributed by atoms with Gasteiger partial charge in [-0.2, -0.15) is 0 Å². The summed E-state index contributed by atoms with van der Waals surface area (Å²) in [7, 11) is 0. The largest absolute Gasteiger partial charge is 0.330 e. The lowest BCUT2D eigenvalue weighted by Gasteiger charge is -2.10. The molecule has 0 aliphatic heterocycles. The van der Waals surface area contributed by atoms with Crippen LogP contribution in [0, 0.1) is 5.92 Å². The molecular weight excluding hydrogens is 204 g/mol. The van der Waals surface area contributed by atoms with Crippen LogP contribution < -0.4 is 5.73 Å². The zero-order valence-electron chi connectivity index (χ0n) is 9.57. The summed E-state index contributed by atoms with van der Waals surface area (Å²) in [4.78, 5) is 4.41. The molecule has 1 aromatic rings. The lowest BCUT2D eigenvalue weighted by atomic mass is 10.2. The van der Waals surface area contributed by atoms with Crippen LogP contribution in [0.15, 0.2) is 23.4 Å². The Morgan fingerprint density at radius 1 is 1.53 bits per heavy atom. The molecule has 1 aromatic heterocycles. The number of nitrogens with two attached hydrogens (primary N) is 1. The van der Waals surface area contributed by atoms with E-state index in [9.17, 15) is 0 Å². The molecule has 3 heteroatoms. The van der Waals surface area contributed by atoms with E-state index in [4.69, 9.17) is 5.73 Å². The minimum atomic E-state index is 0.697. The molecule has 0 aromatic carbocycles. The van der Waals surface area contributed by atoms with Crippen molar-refractivity contribution in [3.63, 3.8) is 0 Å². The third-order valence-corrected chi connectivity index (χ3v) is 3.84. The van der Waals surface area contributed by atoms with Gasteiger partial charge in [-0.05, 0) is 30.5 Å². The van der Waals surface area contributed by atoms with E-state index in [2.05, 4.69) is 24.9 Å². The second kappa shape index (κ2) is 6.85. The number of rotatable bonds is 6. The highest BCUT2D eigenvalue weighted by molar-refractivity contribution is 7.99. The molecule has 0 amide bonds. The molecule has 0 radical (unpaired) electrons. The molecule has 0 saturated carbocycles. The summed E-state index contributed by atoms with van der Waals surface area (Å²) in [5.74, 6) is 1.90. The topological polar surface area (TPSA) is 38.9 Å². The molecule has 0 bridgehead atoms. The van der Waals surface area contributed by atoms with Gasteiger partial charge < -0.3 is 5.73 Å². The van der Waals surface area contributed by atoms with E-state index in [1.54, 1.807) is 0 Å². The minimum absolute atomic E-state index is 0.697. The van der Waals surface area contributed by atoms with Crippen LogP contribution in [0.3, 0.4) is 0 Å². The summed E-state index contributed by atoms with van der Waals surface area (Å²) < 4.78 is 0. The molecule has 0 aliphatic rings. The number of pyridine rings is 1. The molecule has 0 aliphatic carbocycles. The van der Waals surface area contributed by atoms with Gasteiger partial charge in [0, 0.05) is 11.9 Å². The second-order valence-electron chi connectivity index (χ2n) is 3.83.